The van der Waals surface area contributed by atoms with Crippen molar-refractivity contribution >= 4 is 11.6 Å². The number of nitrogens with one attached hydrogen (secondary N) is 1. The van der Waals surface area contributed by atoms with Gasteiger partial charge >= 0.3 is 0 Å². The summed E-state index contributed by atoms with van der Waals surface area (Å²) in [6.45, 7) is 1.99. The van der Waals surface area contributed by atoms with Crippen molar-refractivity contribution in [2.24, 2.45) is 0 Å². The molecule has 0 aliphatic carbocycles. The minimum Gasteiger partial charge on any atom is -0.493 e. The number of benzene rings is 2. The normalized spacial score (nSPS) is 11.5. The standard InChI is InChI=1S/C19H23NO4/c1-5-15(13-9-7-6-8-10-13)19(21)20-14-11-16(22-2)18(24-4)17(12-14)23-3/h6-12,15H,5H2,1-4H3,(H,20,21)/t15-/m0/s1. The number of hydrogen-bond acceptors (Lipinski definition) is 4. The van der Waals surface area contributed by atoms with Crippen molar-refractivity contribution in [3.05, 3.63) is 48.0 Å². The van der Waals surface area contributed by atoms with Crippen LogP contribution in [-0.2, 0) is 4.79 Å². The SMILES string of the molecule is CC[C@H](C(=O)Nc1cc(OC)c(OC)c(OC)c1)c1ccccc1. The molecular formula is C19H23NO4. The van der Waals surface area contributed by atoms with E-state index in [1.54, 1.807) is 33.5 Å². The first kappa shape index (κ1) is 17.7. The Hall–Kier alpha value is -2.69. The molecule has 2 rings (SSSR count). The largest absolute Gasteiger partial charge is 0.493 e. The maximum absolute atomic E-state index is 12.7. The van der Waals surface area contributed by atoms with Gasteiger partial charge in [-0.25, -0.2) is 0 Å². The third-order valence-corrected chi connectivity index (χ3v) is 3.86. The molecule has 0 unspecified atom stereocenters. The number of carbonyl (C=O) groups is 1. The number of carbonyl (C=O) groups excluding carboxylic acids is 1. The quantitative estimate of drug-likeness (QED) is 0.838. The fourth-order valence-corrected chi connectivity index (χ4v) is 2.64. The van der Waals surface area contributed by atoms with Gasteiger partial charge in [0.15, 0.2) is 11.5 Å². The summed E-state index contributed by atoms with van der Waals surface area (Å²) >= 11 is 0. The lowest BCUT2D eigenvalue weighted by Gasteiger charge is -2.18. The number of amides is 1. The van der Waals surface area contributed by atoms with E-state index in [0.29, 0.717) is 29.4 Å². The molecule has 1 atom stereocenters. The molecular weight excluding hydrogens is 306 g/mol. The van der Waals surface area contributed by atoms with Crippen LogP contribution in [0.2, 0.25) is 0 Å². The number of anilines is 1. The molecule has 0 fully saturated rings. The summed E-state index contributed by atoms with van der Waals surface area (Å²) in [6, 6.07) is 13.2. The second-order valence-electron chi connectivity index (χ2n) is 5.27. The Morgan fingerprint density at radius 3 is 2.04 bits per heavy atom. The van der Waals surface area contributed by atoms with Crippen LogP contribution in [0.3, 0.4) is 0 Å². The second kappa shape index (κ2) is 8.24. The first-order chi connectivity index (χ1) is 11.6. The van der Waals surface area contributed by atoms with E-state index in [1.165, 1.54) is 0 Å². The van der Waals surface area contributed by atoms with Crippen molar-refractivity contribution in [1.82, 2.24) is 0 Å². The zero-order valence-corrected chi connectivity index (χ0v) is 14.5. The van der Waals surface area contributed by atoms with Gasteiger partial charge < -0.3 is 19.5 Å². The molecule has 128 valence electrons. The van der Waals surface area contributed by atoms with Crippen LogP contribution in [0.25, 0.3) is 0 Å². The van der Waals surface area contributed by atoms with Crippen molar-refractivity contribution in [2.75, 3.05) is 26.6 Å². The lowest BCUT2D eigenvalue weighted by Crippen LogP contribution is -2.20. The highest BCUT2D eigenvalue weighted by Gasteiger charge is 2.20. The van der Waals surface area contributed by atoms with Crippen molar-refractivity contribution in [2.45, 2.75) is 19.3 Å². The lowest BCUT2D eigenvalue weighted by atomic mass is 9.95. The van der Waals surface area contributed by atoms with Gasteiger partial charge in [-0.2, -0.15) is 0 Å². The third-order valence-electron chi connectivity index (χ3n) is 3.86. The molecule has 0 bridgehead atoms. The average Bonchev–Trinajstić information content (AvgIpc) is 2.62. The smallest absolute Gasteiger partial charge is 0.231 e. The molecule has 0 aliphatic heterocycles. The summed E-state index contributed by atoms with van der Waals surface area (Å²) in [4.78, 5) is 12.7. The first-order valence-electron chi connectivity index (χ1n) is 7.80. The van der Waals surface area contributed by atoms with E-state index < -0.39 is 0 Å². The zero-order chi connectivity index (χ0) is 17.5. The lowest BCUT2D eigenvalue weighted by molar-refractivity contribution is -0.117. The molecule has 2 aromatic rings. The van der Waals surface area contributed by atoms with Crippen molar-refractivity contribution in [3.63, 3.8) is 0 Å². The number of hydrogen-bond donors (Lipinski definition) is 1. The fraction of sp³-hybridized carbons (Fsp3) is 0.316. The van der Waals surface area contributed by atoms with Gasteiger partial charge in [0.1, 0.15) is 0 Å². The molecule has 0 radical (unpaired) electrons. The zero-order valence-electron chi connectivity index (χ0n) is 14.5. The van der Waals surface area contributed by atoms with E-state index in [-0.39, 0.29) is 11.8 Å². The molecule has 0 saturated heterocycles. The van der Waals surface area contributed by atoms with Gasteiger partial charge in [-0.3, -0.25) is 4.79 Å². The van der Waals surface area contributed by atoms with E-state index in [9.17, 15) is 4.79 Å². The Kier molecular flexibility index (Phi) is 6.07. The van der Waals surface area contributed by atoms with Gasteiger partial charge in [-0.15, -0.1) is 0 Å². The summed E-state index contributed by atoms with van der Waals surface area (Å²) in [6.07, 6.45) is 0.709. The van der Waals surface area contributed by atoms with E-state index in [2.05, 4.69) is 5.32 Å². The Labute approximate surface area is 142 Å². The van der Waals surface area contributed by atoms with Crippen LogP contribution in [0.5, 0.6) is 17.2 Å². The number of methoxy groups -OCH3 is 3. The van der Waals surface area contributed by atoms with E-state index >= 15 is 0 Å². The van der Waals surface area contributed by atoms with Gasteiger partial charge in [0, 0.05) is 17.8 Å². The predicted molar refractivity (Wildman–Crippen MR) is 94.2 cm³/mol. The molecule has 1 N–H and O–H groups in total. The minimum absolute atomic E-state index is 0.0713. The van der Waals surface area contributed by atoms with Crippen molar-refractivity contribution in [3.8, 4) is 17.2 Å². The van der Waals surface area contributed by atoms with Crippen LogP contribution in [0.4, 0.5) is 5.69 Å². The number of ether oxygens (including phenoxy) is 3. The highest BCUT2D eigenvalue weighted by Crippen LogP contribution is 2.40. The van der Waals surface area contributed by atoms with Crippen LogP contribution in [-0.4, -0.2) is 27.2 Å². The van der Waals surface area contributed by atoms with E-state index in [0.717, 1.165) is 5.56 Å². The highest BCUT2D eigenvalue weighted by molar-refractivity contribution is 5.96. The molecule has 0 aliphatic rings. The van der Waals surface area contributed by atoms with Crippen molar-refractivity contribution in [1.29, 1.82) is 0 Å². The summed E-state index contributed by atoms with van der Waals surface area (Å²) in [5.74, 6) is 1.20. The highest BCUT2D eigenvalue weighted by atomic mass is 16.5. The Bertz CT molecular complexity index is 660. The van der Waals surface area contributed by atoms with E-state index in [4.69, 9.17) is 14.2 Å². The maximum atomic E-state index is 12.7. The number of rotatable bonds is 7. The molecule has 2 aromatic carbocycles. The average molecular weight is 329 g/mol. The van der Waals surface area contributed by atoms with E-state index in [1.807, 2.05) is 37.3 Å². The van der Waals surface area contributed by atoms with Gasteiger partial charge in [0.25, 0.3) is 0 Å². The maximum Gasteiger partial charge on any atom is 0.231 e. The molecule has 0 heterocycles. The fourth-order valence-electron chi connectivity index (χ4n) is 2.64. The molecule has 0 aromatic heterocycles. The summed E-state index contributed by atoms with van der Waals surface area (Å²) in [5, 5.41) is 2.94. The molecule has 24 heavy (non-hydrogen) atoms. The van der Waals surface area contributed by atoms with Crippen LogP contribution in [0.15, 0.2) is 42.5 Å². The van der Waals surface area contributed by atoms with Crippen LogP contribution in [0.1, 0.15) is 24.8 Å². The molecule has 0 spiro atoms. The van der Waals surface area contributed by atoms with Gasteiger partial charge in [-0.05, 0) is 12.0 Å². The second-order valence-corrected chi connectivity index (χ2v) is 5.27. The molecule has 0 saturated carbocycles. The Balaban J connectivity index is 2.28. The summed E-state index contributed by atoms with van der Waals surface area (Å²) < 4.78 is 15.9. The Morgan fingerprint density at radius 1 is 1.00 bits per heavy atom. The van der Waals surface area contributed by atoms with Gasteiger partial charge in [0.05, 0.1) is 27.2 Å². The summed E-state index contributed by atoms with van der Waals surface area (Å²) in [7, 11) is 4.63. The monoisotopic (exact) mass is 329 g/mol. The molecule has 1 amide bonds. The summed E-state index contributed by atoms with van der Waals surface area (Å²) in [5.41, 5.74) is 1.59. The molecule has 5 heteroatoms. The van der Waals surface area contributed by atoms with Gasteiger partial charge in [-0.1, -0.05) is 37.3 Å². The molecule has 5 nitrogen and oxygen atoms in total. The first-order valence-corrected chi connectivity index (χ1v) is 7.80. The van der Waals surface area contributed by atoms with Crippen LogP contribution < -0.4 is 19.5 Å². The predicted octanol–water partition coefficient (Wildman–Crippen LogP) is 3.84. The van der Waals surface area contributed by atoms with Gasteiger partial charge in [0.2, 0.25) is 11.7 Å². The Morgan fingerprint density at radius 2 is 1.58 bits per heavy atom. The minimum atomic E-state index is -0.217. The van der Waals surface area contributed by atoms with Crippen LogP contribution >= 0.6 is 0 Å². The topological polar surface area (TPSA) is 56.8 Å². The van der Waals surface area contributed by atoms with Crippen LogP contribution in [0, 0.1) is 0 Å². The third kappa shape index (κ3) is 3.79. The van der Waals surface area contributed by atoms with Crippen molar-refractivity contribution < 1.29 is 19.0 Å².